The minimum Gasteiger partial charge on any atom is -0.496 e. The van der Waals surface area contributed by atoms with Crippen molar-refractivity contribution in [3.8, 4) is 5.75 Å². The number of hydrogen-bond acceptors (Lipinski definition) is 4. The molecule has 0 bridgehead atoms. The maximum absolute atomic E-state index is 12.5. The van der Waals surface area contributed by atoms with Gasteiger partial charge >= 0.3 is 0 Å². The fourth-order valence-corrected chi connectivity index (χ4v) is 2.37. The van der Waals surface area contributed by atoms with Crippen molar-refractivity contribution >= 4 is 11.6 Å². The molecule has 2 N–H and O–H groups in total. The summed E-state index contributed by atoms with van der Waals surface area (Å²) in [5.41, 5.74) is 6.87. The van der Waals surface area contributed by atoms with Crippen LogP contribution in [0.4, 0.5) is 5.69 Å². The van der Waals surface area contributed by atoms with Crippen LogP contribution >= 0.6 is 0 Å². The van der Waals surface area contributed by atoms with Gasteiger partial charge in [-0.3, -0.25) is 9.69 Å². The lowest BCUT2D eigenvalue weighted by Crippen LogP contribution is -2.48. The van der Waals surface area contributed by atoms with Crippen molar-refractivity contribution in [2.75, 3.05) is 45.6 Å². The molecule has 0 spiro atoms. The fraction of sp³-hybridized carbons (Fsp3) is 0.400. The van der Waals surface area contributed by atoms with Gasteiger partial charge in [0.2, 0.25) is 0 Å². The highest BCUT2D eigenvalue weighted by Crippen LogP contribution is 2.23. The highest BCUT2D eigenvalue weighted by molar-refractivity contribution is 5.97. The third-order valence-electron chi connectivity index (χ3n) is 3.50. The number of hydrogen-bond donors (Lipinski definition) is 1. The van der Waals surface area contributed by atoms with Crippen molar-refractivity contribution in [3.63, 3.8) is 0 Å². The molecular formula is C15H21N3O2. The molecule has 0 radical (unpaired) electrons. The summed E-state index contributed by atoms with van der Waals surface area (Å²) in [7, 11) is 1.55. The number of nitrogens with two attached hydrogens (primary N) is 1. The normalized spacial score (nSPS) is 15.9. The molecule has 1 aliphatic rings. The number of rotatable bonds is 4. The monoisotopic (exact) mass is 275 g/mol. The minimum absolute atomic E-state index is 0.0000954. The molecule has 0 aliphatic carbocycles. The van der Waals surface area contributed by atoms with E-state index in [4.69, 9.17) is 10.5 Å². The van der Waals surface area contributed by atoms with Crippen molar-refractivity contribution in [1.82, 2.24) is 9.80 Å². The van der Waals surface area contributed by atoms with E-state index >= 15 is 0 Å². The average molecular weight is 275 g/mol. The van der Waals surface area contributed by atoms with Gasteiger partial charge in [-0.15, -0.1) is 6.58 Å². The van der Waals surface area contributed by atoms with Gasteiger partial charge in [0.25, 0.3) is 5.91 Å². The Balaban J connectivity index is 2.07. The lowest BCUT2D eigenvalue weighted by Gasteiger charge is -2.34. The summed E-state index contributed by atoms with van der Waals surface area (Å²) in [5, 5.41) is 0. The smallest absolute Gasteiger partial charge is 0.257 e. The molecule has 0 saturated carbocycles. The predicted molar refractivity (Wildman–Crippen MR) is 79.9 cm³/mol. The molecule has 1 aromatic rings. The van der Waals surface area contributed by atoms with Crippen molar-refractivity contribution in [1.29, 1.82) is 0 Å². The molecule has 5 heteroatoms. The number of nitrogen functional groups attached to an aromatic ring is 1. The third kappa shape index (κ3) is 3.11. The van der Waals surface area contributed by atoms with Crippen LogP contribution in [0.1, 0.15) is 10.4 Å². The highest BCUT2D eigenvalue weighted by Gasteiger charge is 2.23. The summed E-state index contributed by atoms with van der Waals surface area (Å²) < 4.78 is 5.25. The SMILES string of the molecule is C=CCN1CCN(C(=O)c2ccc(N)cc2OC)CC1. The van der Waals surface area contributed by atoms with E-state index in [1.807, 2.05) is 11.0 Å². The van der Waals surface area contributed by atoms with Crippen LogP contribution in [-0.4, -0.2) is 55.5 Å². The number of benzene rings is 1. The number of piperazine rings is 1. The summed E-state index contributed by atoms with van der Waals surface area (Å²) in [4.78, 5) is 16.7. The van der Waals surface area contributed by atoms with E-state index in [1.165, 1.54) is 0 Å². The van der Waals surface area contributed by atoms with E-state index in [2.05, 4.69) is 11.5 Å². The summed E-state index contributed by atoms with van der Waals surface area (Å²) in [6, 6.07) is 5.14. The first-order valence-corrected chi connectivity index (χ1v) is 6.71. The summed E-state index contributed by atoms with van der Waals surface area (Å²) in [5.74, 6) is 0.531. The Hall–Kier alpha value is -2.01. The van der Waals surface area contributed by atoms with E-state index < -0.39 is 0 Å². The Morgan fingerprint density at radius 2 is 2.10 bits per heavy atom. The number of ether oxygens (including phenoxy) is 1. The first-order valence-electron chi connectivity index (χ1n) is 6.71. The number of carbonyl (C=O) groups is 1. The van der Waals surface area contributed by atoms with E-state index in [0.29, 0.717) is 17.0 Å². The van der Waals surface area contributed by atoms with E-state index in [9.17, 15) is 4.79 Å². The molecule has 108 valence electrons. The molecule has 1 aliphatic heterocycles. The number of nitrogens with zero attached hydrogens (tertiary/aromatic N) is 2. The molecule has 1 aromatic carbocycles. The third-order valence-corrected chi connectivity index (χ3v) is 3.50. The van der Waals surface area contributed by atoms with E-state index in [1.54, 1.807) is 25.3 Å². The van der Waals surface area contributed by atoms with Gasteiger partial charge in [0.15, 0.2) is 0 Å². The lowest BCUT2D eigenvalue weighted by atomic mass is 10.1. The number of amides is 1. The number of anilines is 1. The Labute approximate surface area is 119 Å². The Bertz CT molecular complexity index is 494. The van der Waals surface area contributed by atoms with Gasteiger partial charge in [-0.25, -0.2) is 0 Å². The molecule has 0 unspecified atom stereocenters. The highest BCUT2D eigenvalue weighted by atomic mass is 16.5. The van der Waals surface area contributed by atoms with Crippen molar-refractivity contribution in [2.45, 2.75) is 0 Å². The summed E-state index contributed by atoms with van der Waals surface area (Å²) in [6.07, 6.45) is 1.89. The molecule has 1 amide bonds. The Kier molecular flexibility index (Phi) is 4.63. The topological polar surface area (TPSA) is 58.8 Å². The van der Waals surface area contributed by atoms with Gasteiger partial charge in [0.1, 0.15) is 5.75 Å². The largest absolute Gasteiger partial charge is 0.496 e. The van der Waals surface area contributed by atoms with Gasteiger partial charge in [-0.1, -0.05) is 6.08 Å². The second kappa shape index (κ2) is 6.43. The van der Waals surface area contributed by atoms with Gasteiger partial charge in [0.05, 0.1) is 12.7 Å². The van der Waals surface area contributed by atoms with Crippen LogP contribution < -0.4 is 10.5 Å². The fourth-order valence-electron chi connectivity index (χ4n) is 2.37. The quantitative estimate of drug-likeness (QED) is 0.663. The molecule has 1 heterocycles. The molecule has 2 rings (SSSR count). The molecule has 1 saturated heterocycles. The minimum atomic E-state index is 0.0000954. The first kappa shape index (κ1) is 14.4. The number of carbonyl (C=O) groups excluding carboxylic acids is 1. The van der Waals surface area contributed by atoms with Crippen LogP contribution in [0.15, 0.2) is 30.9 Å². The molecule has 1 fully saturated rings. The first-order chi connectivity index (χ1) is 9.65. The van der Waals surface area contributed by atoms with Crippen molar-refractivity contribution in [2.24, 2.45) is 0 Å². The maximum atomic E-state index is 12.5. The van der Waals surface area contributed by atoms with Gasteiger partial charge in [0, 0.05) is 44.5 Å². The zero-order valence-electron chi connectivity index (χ0n) is 11.8. The van der Waals surface area contributed by atoms with Crippen LogP contribution in [0.5, 0.6) is 5.75 Å². The van der Waals surface area contributed by atoms with Crippen LogP contribution in [-0.2, 0) is 0 Å². The Morgan fingerprint density at radius 3 is 2.70 bits per heavy atom. The molecule has 0 atom stereocenters. The van der Waals surface area contributed by atoms with Crippen LogP contribution in [0.3, 0.4) is 0 Å². The van der Waals surface area contributed by atoms with E-state index in [-0.39, 0.29) is 5.91 Å². The molecule has 5 nitrogen and oxygen atoms in total. The standard InChI is InChI=1S/C15H21N3O2/c1-3-6-17-7-9-18(10-8-17)15(19)13-5-4-12(16)11-14(13)20-2/h3-5,11H,1,6-10,16H2,2H3. The van der Waals surface area contributed by atoms with Crippen LogP contribution in [0.25, 0.3) is 0 Å². The van der Waals surface area contributed by atoms with E-state index in [0.717, 1.165) is 32.7 Å². The summed E-state index contributed by atoms with van der Waals surface area (Å²) in [6.45, 7) is 7.79. The average Bonchev–Trinajstić information content (AvgIpc) is 2.47. The van der Waals surface area contributed by atoms with Crippen LogP contribution in [0, 0.1) is 0 Å². The Morgan fingerprint density at radius 1 is 1.40 bits per heavy atom. The predicted octanol–water partition coefficient (Wildman–Crippen LogP) is 1.22. The maximum Gasteiger partial charge on any atom is 0.257 e. The van der Waals surface area contributed by atoms with Gasteiger partial charge < -0.3 is 15.4 Å². The molecular weight excluding hydrogens is 254 g/mol. The second-order valence-electron chi connectivity index (χ2n) is 4.84. The lowest BCUT2D eigenvalue weighted by molar-refractivity contribution is 0.0647. The molecule has 0 aromatic heterocycles. The van der Waals surface area contributed by atoms with Crippen LogP contribution in [0.2, 0.25) is 0 Å². The second-order valence-corrected chi connectivity index (χ2v) is 4.84. The zero-order chi connectivity index (χ0) is 14.5. The van der Waals surface area contributed by atoms with Crippen molar-refractivity contribution < 1.29 is 9.53 Å². The van der Waals surface area contributed by atoms with Gasteiger partial charge in [-0.05, 0) is 12.1 Å². The zero-order valence-corrected chi connectivity index (χ0v) is 11.8. The molecule has 20 heavy (non-hydrogen) atoms. The van der Waals surface area contributed by atoms with Crippen molar-refractivity contribution in [3.05, 3.63) is 36.4 Å². The summed E-state index contributed by atoms with van der Waals surface area (Å²) >= 11 is 0. The number of methoxy groups -OCH3 is 1. The van der Waals surface area contributed by atoms with Gasteiger partial charge in [-0.2, -0.15) is 0 Å².